The highest BCUT2D eigenvalue weighted by Crippen LogP contribution is 2.28. The maximum atomic E-state index is 13.3. The van der Waals surface area contributed by atoms with Crippen LogP contribution in [0.5, 0.6) is 11.5 Å². The third-order valence-electron chi connectivity index (χ3n) is 4.32. The van der Waals surface area contributed by atoms with Gasteiger partial charge in [0.1, 0.15) is 17.2 Å². The molecule has 8 nitrogen and oxygen atoms in total. The lowest BCUT2D eigenvalue weighted by atomic mass is 9.85. The predicted molar refractivity (Wildman–Crippen MR) is 104 cm³/mol. The molecule has 0 amide bonds. The second-order valence-corrected chi connectivity index (χ2v) is 6.24. The fraction of sp³-hybridized carbons (Fsp3) is 0.238. The van der Waals surface area contributed by atoms with Crippen LogP contribution in [0.3, 0.4) is 0 Å². The van der Waals surface area contributed by atoms with Gasteiger partial charge in [-0.2, -0.15) is 5.10 Å². The summed E-state index contributed by atoms with van der Waals surface area (Å²) in [5.74, 6) is -1.11. The van der Waals surface area contributed by atoms with E-state index in [0.29, 0.717) is 11.5 Å². The van der Waals surface area contributed by atoms with Crippen molar-refractivity contribution < 1.29 is 28.6 Å². The fourth-order valence-electron chi connectivity index (χ4n) is 2.91. The van der Waals surface area contributed by atoms with Gasteiger partial charge in [0.2, 0.25) is 11.3 Å². The molecule has 150 valence electrons. The molecule has 1 heterocycles. The standard InChI is InChI=1S/C21H20N2O6/c1-3-28-19(25)17-13-21(23-22-17,20(26)27-2)18(24)14-8-7-11-16(12-14)29-15-9-5-4-6-10-15/h4-12,23H,3,13H2,1-2H3. The number of esters is 2. The third kappa shape index (κ3) is 4.11. The van der Waals surface area contributed by atoms with Crippen LogP contribution in [0.25, 0.3) is 0 Å². The number of ketones is 1. The zero-order valence-corrected chi connectivity index (χ0v) is 16.0. The normalized spacial score (nSPS) is 17.7. The molecular weight excluding hydrogens is 376 g/mol. The number of rotatable bonds is 7. The number of methoxy groups -OCH3 is 1. The minimum Gasteiger partial charge on any atom is -0.467 e. The molecule has 0 radical (unpaired) electrons. The summed E-state index contributed by atoms with van der Waals surface area (Å²) in [7, 11) is 1.16. The van der Waals surface area contributed by atoms with Crippen LogP contribution < -0.4 is 10.2 Å². The number of hydrogen-bond donors (Lipinski definition) is 1. The van der Waals surface area contributed by atoms with Gasteiger partial charge in [-0.3, -0.25) is 10.2 Å². The molecule has 2 aromatic carbocycles. The molecule has 1 atom stereocenters. The maximum Gasteiger partial charge on any atom is 0.354 e. The molecule has 0 aromatic heterocycles. The van der Waals surface area contributed by atoms with Crippen LogP contribution in [0.1, 0.15) is 23.7 Å². The Morgan fingerprint density at radius 1 is 1.07 bits per heavy atom. The van der Waals surface area contributed by atoms with Crippen molar-refractivity contribution in [2.45, 2.75) is 18.9 Å². The van der Waals surface area contributed by atoms with E-state index < -0.39 is 23.3 Å². The molecule has 0 spiro atoms. The van der Waals surface area contributed by atoms with Gasteiger partial charge in [-0.1, -0.05) is 30.3 Å². The quantitative estimate of drug-likeness (QED) is 0.436. The first-order valence-corrected chi connectivity index (χ1v) is 8.97. The van der Waals surface area contributed by atoms with Crippen molar-refractivity contribution >= 4 is 23.4 Å². The number of para-hydroxylation sites is 1. The van der Waals surface area contributed by atoms with Gasteiger partial charge in [-0.15, -0.1) is 0 Å². The average molecular weight is 396 g/mol. The van der Waals surface area contributed by atoms with Crippen molar-refractivity contribution in [3.63, 3.8) is 0 Å². The minimum atomic E-state index is -1.85. The SMILES string of the molecule is CCOC(=O)C1=NNC(C(=O)OC)(C(=O)c2cccc(Oc3ccccc3)c2)C1. The number of carbonyl (C=O) groups is 3. The predicted octanol–water partition coefficient (Wildman–Crippen LogP) is 2.49. The van der Waals surface area contributed by atoms with Gasteiger partial charge >= 0.3 is 11.9 Å². The molecule has 1 N–H and O–H groups in total. The Labute approximate surface area is 167 Å². The molecule has 8 heteroatoms. The van der Waals surface area contributed by atoms with Gasteiger partial charge in [0.15, 0.2) is 0 Å². The lowest BCUT2D eigenvalue weighted by Crippen LogP contribution is -2.55. The smallest absolute Gasteiger partial charge is 0.354 e. The maximum absolute atomic E-state index is 13.3. The second kappa shape index (κ2) is 8.55. The zero-order chi connectivity index (χ0) is 20.9. The Balaban J connectivity index is 1.87. The van der Waals surface area contributed by atoms with E-state index in [1.807, 2.05) is 18.2 Å². The van der Waals surface area contributed by atoms with E-state index in [2.05, 4.69) is 10.5 Å². The second-order valence-electron chi connectivity index (χ2n) is 6.24. The van der Waals surface area contributed by atoms with Gasteiger partial charge < -0.3 is 14.2 Å². The van der Waals surface area contributed by atoms with Crippen LogP contribution in [0.2, 0.25) is 0 Å². The number of nitrogens with zero attached hydrogens (tertiary/aromatic N) is 1. The number of Topliss-reactive ketones (excluding diaryl/α,β-unsaturated/α-hetero) is 1. The van der Waals surface area contributed by atoms with E-state index >= 15 is 0 Å². The molecule has 1 aliphatic heterocycles. The van der Waals surface area contributed by atoms with E-state index in [-0.39, 0.29) is 24.3 Å². The molecule has 0 bridgehead atoms. The fourth-order valence-corrected chi connectivity index (χ4v) is 2.91. The first-order valence-electron chi connectivity index (χ1n) is 8.97. The van der Waals surface area contributed by atoms with Crippen LogP contribution in [-0.4, -0.2) is 42.7 Å². The van der Waals surface area contributed by atoms with Crippen molar-refractivity contribution in [3.8, 4) is 11.5 Å². The van der Waals surface area contributed by atoms with E-state index in [1.54, 1.807) is 37.3 Å². The van der Waals surface area contributed by atoms with E-state index in [9.17, 15) is 14.4 Å². The first kappa shape index (κ1) is 20.1. The summed E-state index contributed by atoms with van der Waals surface area (Å²) in [4.78, 5) is 37.7. The van der Waals surface area contributed by atoms with Gasteiger partial charge in [-0.25, -0.2) is 9.59 Å². The molecule has 29 heavy (non-hydrogen) atoms. The lowest BCUT2D eigenvalue weighted by Gasteiger charge is -2.24. The van der Waals surface area contributed by atoms with Crippen molar-refractivity contribution in [1.29, 1.82) is 0 Å². The third-order valence-corrected chi connectivity index (χ3v) is 4.32. The Hall–Kier alpha value is -3.68. The molecule has 3 rings (SSSR count). The summed E-state index contributed by atoms with van der Waals surface area (Å²) >= 11 is 0. The molecule has 0 saturated heterocycles. The summed E-state index contributed by atoms with van der Waals surface area (Å²) in [6.45, 7) is 1.80. The molecule has 0 fully saturated rings. The highest BCUT2D eigenvalue weighted by molar-refractivity contribution is 6.39. The lowest BCUT2D eigenvalue weighted by molar-refractivity contribution is -0.145. The van der Waals surface area contributed by atoms with Crippen LogP contribution >= 0.6 is 0 Å². The summed E-state index contributed by atoms with van der Waals surface area (Å²) in [5.41, 5.74) is 0.807. The zero-order valence-electron chi connectivity index (χ0n) is 16.0. The van der Waals surface area contributed by atoms with Crippen LogP contribution in [0.15, 0.2) is 59.7 Å². The highest BCUT2D eigenvalue weighted by Gasteiger charge is 2.53. The Kier molecular flexibility index (Phi) is 5.92. The number of ether oxygens (including phenoxy) is 3. The molecule has 0 aliphatic carbocycles. The van der Waals surface area contributed by atoms with Gasteiger partial charge in [0.05, 0.1) is 13.7 Å². The molecule has 0 saturated carbocycles. The average Bonchev–Trinajstić information content (AvgIpc) is 3.20. The van der Waals surface area contributed by atoms with E-state index in [0.717, 1.165) is 7.11 Å². The van der Waals surface area contributed by atoms with Crippen LogP contribution in [-0.2, 0) is 19.1 Å². The molecular formula is C21H20N2O6. The Morgan fingerprint density at radius 3 is 2.48 bits per heavy atom. The minimum absolute atomic E-state index is 0.0534. The molecule has 1 unspecified atom stereocenters. The Bertz CT molecular complexity index is 957. The number of carbonyl (C=O) groups excluding carboxylic acids is 3. The summed E-state index contributed by atoms with van der Waals surface area (Å²) in [6, 6.07) is 15.5. The molecule has 1 aliphatic rings. The van der Waals surface area contributed by atoms with Crippen molar-refractivity contribution in [1.82, 2.24) is 5.43 Å². The van der Waals surface area contributed by atoms with Crippen LogP contribution in [0.4, 0.5) is 0 Å². The topological polar surface area (TPSA) is 103 Å². The first-order chi connectivity index (χ1) is 14.0. The van der Waals surface area contributed by atoms with Gasteiger partial charge in [0.25, 0.3) is 0 Å². The monoisotopic (exact) mass is 396 g/mol. The highest BCUT2D eigenvalue weighted by atomic mass is 16.5. The number of benzene rings is 2. The van der Waals surface area contributed by atoms with Crippen molar-refractivity contribution in [2.24, 2.45) is 5.10 Å². The largest absolute Gasteiger partial charge is 0.467 e. The van der Waals surface area contributed by atoms with E-state index in [4.69, 9.17) is 14.2 Å². The number of nitrogens with one attached hydrogen (secondary N) is 1. The summed E-state index contributed by atoms with van der Waals surface area (Å²) < 4.78 is 15.5. The van der Waals surface area contributed by atoms with Crippen molar-refractivity contribution in [2.75, 3.05) is 13.7 Å². The Morgan fingerprint density at radius 2 is 1.79 bits per heavy atom. The van der Waals surface area contributed by atoms with Crippen molar-refractivity contribution in [3.05, 3.63) is 60.2 Å². The molecule has 2 aromatic rings. The summed E-state index contributed by atoms with van der Waals surface area (Å²) in [6.07, 6.45) is -0.277. The number of hydrazone groups is 1. The van der Waals surface area contributed by atoms with Gasteiger partial charge in [0, 0.05) is 12.0 Å². The summed E-state index contributed by atoms with van der Waals surface area (Å²) in [5, 5.41) is 3.85. The van der Waals surface area contributed by atoms with Gasteiger partial charge in [-0.05, 0) is 31.2 Å². The van der Waals surface area contributed by atoms with Crippen LogP contribution in [0, 0.1) is 0 Å². The number of hydrogen-bond acceptors (Lipinski definition) is 8. The van der Waals surface area contributed by atoms with E-state index in [1.165, 1.54) is 6.07 Å².